The maximum Gasteiger partial charge on any atom is 0.297 e. The van der Waals surface area contributed by atoms with Crippen molar-refractivity contribution in [2.75, 3.05) is 30.5 Å². The highest BCUT2D eigenvalue weighted by atomic mass is 35.7. The summed E-state index contributed by atoms with van der Waals surface area (Å²) < 4.78 is 51.2. The standard InChI is InChI=1S/C14H19NO5S.C11H15N3O2S.C11H17N3S.C7H7ClO2S.C7H13NO3.C7H15NS.C6H11NO2.C6H12.C4H4N2S.CH4.ClH/c1-12-5-7-13(8-6-12)21(18,19)20-11-14(15(16)17)9-3-2-4-10-14;15-14(16)11(5-2-1-3-6-11)9-17-10-12-7-4-8-13-10;12-11(5-2-1-3-6-11)9-15-10-13-7-4-8-14-10;1-6-2-4-7(5-3-6)11(8,9)10;9-6-7(8(10)11)4-2-1-3-5-7;8-7(6-9)4-2-1-3-5-7;8-7(9)6-4-2-1-3-5-6;1-2-4-6-5-3-1;7-4-5-2-1-3-6-4;;/h5-8H,2-4,9-11H2,1H3;4,7-8H,1-3,5-6,9H2;4,7-8H,1-3,5-6,9,12H2;2-5H,1H3;9H,1-6H2;9H,1-6,8H2;6H,1-5H2;1-6H2;1-3H,(H,5,6,7);1H4;1H. The summed E-state index contributed by atoms with van der Waals surface area (Å²) in [5.41, 5.74) is 11.3. The van der Waals surface area contributed by atoms with Gasteiger partial charge in [0, 0.05) is 142 Å². The molecule has 12 rings (SSSR count). The lowest BCUT2D eigenvalue weighted by atomic mass is 9.83. The second-order valence-corrected chi connectivity index (χ2v) is 35.3. The van der Waals surface area contributed by atoms with Gasteiger partial charge in [-0.05, 0) is 146 Å². The Labute approximate surface area is 670 Å². The van der Waals surface area contributed by atoms with E-state index in [-0.39, 0.29) is 73.0 Å². The van der Waals surface area contributed by atoms with Crippen LogP contribution in [-0.4, -0.2) is 136 Å². The summed E-state index contributed by atoms with van der Waals surface area (Å²) >= 11 is 11.9. The van der Waals surface area contributed by atoms with Crippen LogP contribution in [0.2, 0.25) is 0 Å². The van der Waals surface area contributed by atoms with Gasteiger partial charge in [0.1, 0.15) is 13.2 Å². The molecule has 7 aliphatic rings. The van der Waals surface area contributed by atoms with Crippen LogP contribution in [0.4, 0.5) is 0 Å². The van der Waals surface area contributed by atoms with Gasteiger partial charge in [-0.1, -0.05) is 169 Å². The Balaban J connectivity index is 0.000000421. The number of halogens is 2. The smallest absolute Gasteiger partial charge is 0.297 e. The lowest BCUT2D eigenvalue weighted by molar-refractivity contribution is -0.578. The molecule has 108 heavy (non-hydrogen) atoms. The monoisotopic (exact) mass is 1660 g/mol. The first-order chi connectivity index (χ1) is 50.5. The third-order valence-corrected chi connectivity index (χ3v) is 25.8. The van der Waals surface area contributed by atoms with Crippen molar-refractivity contribution in [3.05, 3.63) is 160 Å². The number of hydrogen-bond donors (Lipinski definition) is 5. The number of nitrogens with two attached hydrogens (primary N) is 2. The van der Waals surface area contributed by atoms with E-state index < -0.39 is 42.4 Å². The van der Waals surface area contributed by atoms with Crippen LogP contribution in [0, 0.1) is 59.1 Å². The Kier molecular flexibility index (Phi) is 48.5. The number of H-pyrrole nitrogens is 1. The molecule has 7 aliphatic carbocycles. The Morgan fingerprint density at radius 1 is 0.528 bits per heavy atom. The van der Waals surface area contributed by atoms with E-state index in [0.717, 1.165) is 124 Å². The van der Waals surface area contributed by atoms with E-state index in [0.29, 0.717) is 54.2 Å². The second-order valence-electron chi connectivity index (χ2n) is 28.5. The van der Waals surface area contributed by atoms with Crippen molar-refractivity contribution in [2.45, 2.75) is 306 Å². The van der Waals surface area contributed by atoms with E-state index in [2.05, 4.69) is 54.8 Å². The van der Waals surface area contributed by atoms with Gasteiger partial charge in [-0.25, -0.2) is 33.3 Å². The Morgan fingerprint density at radius 3 is 1.19 bits per heavy atom. The number of nitro groups is 4. The summed E-state index contributed by atoms with van der Waals surface area (Å²) in [6.07, 6.45) is 48.1. The van der Waals surface area contributed by atoms with Crippen molar-refractivity contribution in [2.24, 2.45) is 11.5 Å². The SMILES string of the molecule is C.C1CCCCC1.Cc1ccc(S(=O)(=O)Cl)cc1.Cc1ccc(S(=O)(=O)OCC2([N+](=O)[O-])CCCCC2)cc1.Cl.NC1(CS)CCCCC1.NC1(CSc2ncccn2)CCCCC1.O=[N+]([O-])C1(CO)CCCCC1.O=[N+]([O-])C1(CSc2ncccn2)CCCCC1.O=[N+]([O-])C1CCCCC1.S=c1nccc[nH]1. The molecule has 5 aromatic rings. The zero-order chi connectivity index (χ0) is 77.8. The minimum absolute atomic E-state index is 0. The van der Waals surface area contributed by atoms with Gasteiger partial charge in [-0.2, -0.15) is 21.0 Å². The molecule has 608 valence electrons. The molecule has 0 saturated heterocycles. The van der Waals surface area contributed by atoms with Crippen LogP contribution in [0.1, 0.15) is 250 Å². The minimum atomic E-state index is -3.95. The predicted octanol–water partition coefficient (Wildman–Crippen LogP) is 18.1. The molecule has 0 aliphatic heterocycles. The molecule has 6 N–H and O–H groups in total. The summed E-state index contributed by atoms with van der Waals surface area (Å²) in [6.45, 7) is 3.03. The number of aromatic amines is 1. The summed E-state index contributed by atoms with van der Waals surface area (Å²) in [5, 5.41) is 53.6. The van der Waals surface area contributed by atoms with Gasteiger partial charge in [0.25, 0.3) is 19.2 Å². The number of rotatable bonds is 17. The number of aromatic nitrogens is 6. The van der Waals surface area contributed by atoms with Crippen LogP contribution >= 0.6 is 71.5 Å². The highest BCUT2D eigenvalue weighted by molar-refractivity contribution is 8.13. The summed E-state index contributed by atoms with van der Waals surface area (Å²) in [4.78, 5) is 65.5. The van der Waals surface area contributed by atoms with Gasteiger partial charge in [-0.3, -0.25) is 44.6 Å². The first-order valence-electron chi connectivity index (χ1n) is 37.2. The third-order valence-electron chi connectivity index (χ3n) is 19.9. The van der Waals surface area contributed by atoms with Gasteiger partial charge in [0.2, 0.25) is 22.7 Å². The lowest BCUT2D eigenvalue weighted by Crippen LogP contribution is -2.45. The van der Waals surface area contributed by atoms with Crippen LogP contribution < -0.4 is 11.5 Å². The molecule has 26 nitrogen and oxygen atoms in total. The van der Waals surface area contributed by atoms with E-state index in [4.69, 9.17) is 31.4 Å². The van der Waals surface area contributed by atoms with Crippen LogP contribution in [-0.2, 0) is 23.4 Å². The first kappa shape index (κ1) is 98.9. The number of thiol groups is 1. The number of nitrogens with one attached hydrogen (secondary N) is 1. The van der Waals surface area contributed by atoms with Gasteiger partial charge in [-0.15, -0.1) is 12.4 Å². The second kappa shape index (κ2) is 53.0. The summed E-state index contributed by atoms with van der Waals surface area (Å²) in [5.74, 6) is 2.27. The minimum Gasteiger partial charge on any atom is -0.389 e. The highest BCUT2D eigenvalue weighted by Gasteiger charge is 2.47. The van der Waals surface area contributed by atoms with Crippen molar-refractivity contribution >= 4 is 90.6 Å². The Morgan fingerprint density at radius 2 is 0.870 bits per heavy atom. The average molecular weight is 1660 g/mol. The van der Waals surface area contributed by atoms with Crippen LogP contribution in [0.15, 0.2) is 124 Å². The molecule has 7 fully saturated rings. The first-order valence-corrected chi connectivity index (χ1v) is 43.9. The molecule has 0 radical (unpaired) electrons. The Hall–Kier alpha value is -5.13. The van der Waals surface area contributed by atoms with E-state index in [9.17, 15) is 57.3 Å². The van der Waals surface area contributed by atoms with E-state index in [1.54, 1.807) is 85.3 Å². The molecule has 2 aromatic carbocycles. The van der Waals surface area contributed by atoms with Crippen molar-refractivity contribution in [3.63, 3.8) is 0 Å². The fraction of sp³-hybridized carbons (Fsp3) is 0.676. The van der Waals surface area contributed by atoms with Gasteiger partial charge >= 0.3 is 0 Å². The quantitative estimate of drug-likeness (QED) is 0.00843. The lowest BCUT2D eigenvalue weighted by Gasteiger charge is -2.32. The maximum absolute atomic E-state index is 12.1. The predicted molar refractivity (Wildman–Crippen MR) is 438 cm³/mol. The van der Waals surface area contributed by atoms with Crippen molar-refractivity contribution in [1.29, 1.82) is 0 Å². The average Bonchev–Trinajstić information content (AvgIpc) is 0.817. The largest absolute Gasteiger partial charge is 0.389 e. The van der Waals surface area contributed by atoms with Crippen molar-refractivity contribution in [3.8, 4) is 0 Å². The summed E-state index contributed by atoms with van der Waals surface area (Å²) in [7, 11) is -2.42. The topological polar surface area (TPSA) is 403 Å². The van der Waals surface area contributed by atoms with E-state index >= 15 is 0 Å². The number of aliphatic hydroxyl groups is 1. The molecule has 34 heteroatoms. The van der Waals surface area contributed by atoms with Crippen LogP contribution in [0.25, 0.3) is 0 Å². The van der Waals surface area contributed by atoms with Crippen LogP contribution in [0.3, 0.4) is 0 Å². The third kappa shape index (κ3) is 38.4. The normalized spacial score (nSPS) is 18.7. The van der Waals surface area contributed by atoms with Gasteiger partial charge in [0.15, 0.2) is 15.1 Å². The molecule has 0 bridgehead atoms. The number of hydrogen-bond acceptors (Lipinski definition) is 25. The number of aryl methyl sites for hydroxylation is 2. The maximum atomic E-state index is 12.1. The molecule has 0 atom stereocenters. The summed E-state index contributed by atoms with van der Waals surface area (Å²) in [6, 6.07) is 17.8. The van der Waals surface area contributed by atoms with Crippen molar-refractivity contribution in [1.82, 2.24) is 29.9 Å². The molecule has 3 heterocycles. The van der Waals surface area contributed by atoms with Crippen LogP contribution in [0.5, 0.6) is 0 Å². The molecule has 7 saturated carbocycles. The number of aliphatic hydroxyl groups excluding tert-OH is 1. The molecule has 0 amide bonds. The number of thioether (sulfide) groups is 2. The highest BCUT2D eigenvalue weighted by Crippen LogP contribution is 2.37. The molecule has 3 aromatic heterocycles. The molecular weight excluding hydrogens is 1540 g/mol. The molecule has 0 spiro atoms. The Bertz CT molecular complexity index is 3560. The van der Waals surface area contributed by atoms with E-state index in [1.165, 1.54) is 132 Å². The number of nitrogens with zero attached hydrogens (tertiary/aromatic N) is 9. The fourth-order valence-corrected chi connectivity index (χ4v) is 17.3. The number of benzene rings is 2. The van der Waals surface area contributed by atoms with Crippen molar-refractivity contribution < 1.29 is 45.8 Å². The fourth-order valence-electron chi connectivity index (χ4n) is 13.1. The molecular formula is C74H118Cl2N12O14S6. The molecule has 0 unspecified atom stereocenters. The van der Waals surface area contributed by atoms with E-state index in [1.807, 2.05) is 19.9 Å². The zero-order valence-corrected chi connectivity index (χ0v) is 68.6. The van der Waals surface area contributed by atoms with Gasteiger partial charge in [0.05, 0.1) is 15.5 Å². The zero-order valence-electron chi connectivity index (χ0n) is 62.1. The van der Waals surface area contributed by atoms with Gasteiger partial charge < -0.3 is 21.6 Å².